The lowest BCUT2D eigenvalue weighted by Crippen LogP contribution is -2.16. The summed E-state index contributed by atoms with van der Waals surface area (Å²) in [5, 5.41) is 7.57. The average molecular weight is 275 g/mol. The van der Waals surface area contributed by atoms with E-state index in [0.717, 1.165) is 36.6 Å². The molecule has 0 aliphatic heterocycles. The second kappa shape index (κ2) is 6.96. The molecule has 1 N–H and O–H groups in total. The fraction of sp³-hybridized carbons (Fsp3) is 0.400. The van der Waals surface area contributed by atoms with Gasteiger partial charge >= 0.3 is 0 Å². The number of hydrogen-bond donors (Lipinski definition) is 1. The van der Waals surface area contributed by atoms with E-state index in [4.69, 9.17) is 9.47 Å². The molecule has 0 bridgehead atoms. The van der Waals surface area contributed by atoms with E-state index in [-0.39, 0.29) is 0 Å². The smallest absolute Gasteiger partial charge is 0.122 e. The van der Waals surface area contributed by atoms with Crippen molar-refractivity contribution in [2.24, 2.45) is 7.05 Å². The number of rotatable bonds is 7. The SMILES string of the molecule is COc1cc(CNCCc2cnn(C)c2)cc(OC)c1. The lowest BCUT2D eigenvalue weighted by molar-refractivity contribution is 0.393. The Labute approximate surface area is 119 Å². The van der Waals surface area contributed by atoms with Gasteiger partial charge in [-0.1, -0.05) is 0 Å². The topological polar surface area (TPSA) is 48.3 Å². The minimum absolute atomic E-state index is 0.786. The molecule has 2 aromatic rings. The molecule has 0 spiro atoms. The van der Waals surface area contributed by atoms with E-state index in [2.05, 4.69) is 10.4 Å². The van der Waals surface area contributed by atoms with Gasteiger partial charge in [-0.2, -0.15) is 5.10 Å². The number of nitrogens with one attached hydrogen (secondary N) is 1. The summed E-state index contributed by atoms with van der Waals surface area (Å²) >= 11 is 0. The molecule has 5 heteroatoms. The van der Waals surface area contributed by atoms with Gasteiger partial charge in [-0.05, 0) is 36.2 Å². The first kappa shape index (κ1) is 14.4. The quantitative estimate of drug-likeness (QED) is 0.782. The molecule has 5 nitrogen and oxygen atoms in total. The van der Waals surface area contributed by atoms with Crippen LogP contribution < -0.4 is 14.8 Å². The average Bonchev–Trinajstić information content (AvgIpc) is 2.88. The maximum Gasteiger partial charge on any atom is 0.122 e. The fourth-order valence-electron chi connectivity index (χ4n) is 2.03. The van der Waals surface area contributed by atoms with Crippen LogP contribution in [0.4, 0.5) is 0 Å². The predicted octanol–water partition coefficient (Wildman–Crippen LogP) is 1.77. The molecule has 20 heavy (non-hydrogen) atoms. The fourth-order valence-corrected chi connectivity index (χ4v) is 2.03. The molecule has 0 radical (unpaired) electrons. The molecule has 2 rings (SSSR count). The first-order valence-electron chi connectivity index (χ1n) is 6.61. The van der Waals surface area contributed by atoms with Crippen LogP contribution in [0.5, 0.6) is 11.5 Å². The summed E-state index contributed by atoms with van der Waals surface area (Å²) in [6, 6.07) is 5.90. The van der Waals surface area contributed by atoms with Gasteiger partial charge in [0.2, 0.25) is 0 Å². The van der Waals surface area contributed by atoms with Crippen LogP contribution >= 0.6 is 0 Å². The number of ether oxygens (including phenoxy) is 2. The van der Waals surface area contributed by atoms with E-state index in [1.807, 2.05) is 42.3 Å². The highest BCUT2D eigenvalue weighted by molar-refractivity contribution is 5.38. The zero-order valence-corrected chi connectivity index (χ0v) is 12.2. The van der Waals surface area contributed by atoms with Gasteiger partial charge in [0.25, 0.3) is 0 Å². The Hall–Kier alpha value is -2.01. The van der Waals surface area contributed by atoms with Crippen molar-refractivity contribution in [1.29, 1.82) is 0 Å². The molecule has 1 aromatic carbocycles. The van der Waals surface area contributed by atoms with Crippen LogP contribution in [0.1, 0.15) is 11.1 Å². The molecular formula is C15H21N3O2. The Kier molecular flexibility index (Phi) is 5.01. The van der Waals surface area contributed by atoms with E-state index in [9.17, 15) is 0 Å². The molecule has 0 saturated heterocycles. The summed E-state index contributed by atoms with van der Waals surface area (Å²) in [7, 11) is 5.25. The first-order valence-corrected chi connectivity index (χ1v) is 6.61. The zero-order valence-electron chi connectivity index (χ0n) is 12.2. The van der Waals surface area contributed by atoms with Gasteiger partial charge in [0.05, 0.1) is 20.4 Å². The molecular weight excluding hydrogens is 254 g/mol. The zero-order chi connectivity index (χ0) is 14.4. The van der Waals surface area contributed by atoms with Gasteiger partial charge in [0.15, 0.2) is 0 Å². The molecule has 1 aromatic heterocycles. The number of benzene rings is 1. The molecule has 0 aliphatic rings. The van der Waals surface area contributed by atoms with E-state index in [0.29, 0.717) is 0 Å². The van der Waals surface area contributed by atoms with Crippen LogP contribution in [-0.4, -0.2) is 30.5 Å². The highest BCUT2D eigenvalue weighted by Crippen LogP contribution is 2.22. The second-order valence-corrected chi connectivity index (χ2v) is 4.67. The Balaban J connectivity index is 1.84. The summed E-state index contributed by atoms with van der Waals surface area (Å²) in [5.41, 5.74) is 2.38. The third kappa shape index (κ3) is 3.99. The van der Waals surface area contributed by atoms with Crippen LogP contribution in [0.25, 0.3) is 0 Å². The molecule has 0 atom stereocenters. The lowest BCUT2D eigenvalue weighted by Gasteiger charge is -2.09. The Morgan fingerprint density at radius 2 is 1.80 bits per heavy atom. The number of methoxy groups -OCH3 is 2. The third-order valence-electron chi connectivity index (χ3n) is 3.09. The highest BCUT2D eigenvalue weighted by atomic mass is 16.5. The van der Waals surface area contributed by atoms with E-state index in [1.165, 1.54) is 5.56 Å². The third-order valence-corrected chi connectivity index (χ3v) is 3.09. The predicted molar refractivity (Wildman–Crippen MR) is 78.2 cm³/mol. The van der Waals surface area contributed by atoms with Gasteiger partial charge in [-0.15, -0.1) is 0 Å². The van der Waals surface area contributed by atoms with Crippen LogP contribution in [0, 0.1) is 0 Å². The van der Waals surface area contributed by atoms with Crippen molar-refractivity contribution in [3.8, 4) is 11.5 Å². The maximum absolute atomic E-state index is 5.26. The van der Waals surface area contributed by atoms with E-state index >= 15 is 0 Å². The van der Waals surface area contributed by atoms with Gasteiger partial charge in [0, 0.05) is 25.9 Å². The summed E-state index contributed by atoms with van der Waals surface area (Å²) in [6.45, 7) is 1.69. The lowest BCUT2D eigenvalue weighted by atomic mass is 10.2. The molecule has 0 aliphatic carbocycles. The monoisotopic (exact) mass is 275 g/mol. The van der Waals surface area contributed by atoms with E-state index < -0.39 is 0 Å². The van der Waals surface area contributed by atoms with Crippen LogP contribution in [0.2, 0.25) is 0 Å². The van der Waals surface area contributed by atoms with Gasteiger partial charge in [0.1, 0.15) is 11.5 Å². The van der Waals surface area contributed by atoms with Crippen molar-refractivity contribution in [2.75, 3.05) is 20.8 Å². The van der Waals surface area contributed by atoms with Crippen LogP contribution in [0.15, 0.2) is 30.6 Å². The van der Waals surface area contributed by atoms with Gasteiger partial charge < -0.3 is 14.8 Å². The Morgan fingerprint density at radius 3 is 2.35 bits per heavy atom. The van der Waals surface area contributed by atoms with Crippen molar-refractivity contribution < 1.29 is 9.47 Å². The van der Waals surface area contributed by atoms with E-state index in [1.54, 1.807) is 14.2 Å². The summed E-state index contributed by atoms with van der Waals surface area (Å²) in [6.07, 6.45) is 4.90. The van der Waals surface area contributed by atoms with Crippen molar-refractivity contribution in [2.45, 2.75) is 13.0 Å². The number of hydrogen-bond acceptors (Lipinski definition) is 4. The van der Waals surface area contributed by atoms with Gasteiger partial charge in [-0.25, -0.2) is 0 Å². The summed E-state index contributed by atoms with van der Waals surface area (Å²) < 4.78 is 12.3. The first-order chi connectivity index (χ1) is 9.71. The summed E-state index contributed by atoms with van der Waals surface area (Å²) in [5.74, 6) is 1.63. The minimum Gasteiger partial charge on any atom is -0.497 e. The van der Waals surface area contributed by atoms with Gasteiger partial charge in [-0.3, -0.25) is 4.68 Å². The molecule has 0 amide bonds. The standard InChI is InChI=1S/C15H21N3O2/c1-18-11-12(10-17-18)4-5-16-9-13-6-14(19-2)8-15(7-13)20-3/h6-8,10-11,16H,4-5,9H2,1-3H3. The van der Waals surface area contributed by atoms with Crippen LogP contribution in [-0.2, 0) is 20.0 Å². The minimum atomic E-state index is 0.786. The number of aromatic nitrogens is 2. The Bertz CT molecular complexity index is 530. The normalized spacial score (nSPS) is 10.6. The molecule has 108 valence electrons. The molecule has 0 fully saturated rings. The maximum atomic E-state index is 5.26. The number of aryl methyl sites for hydroxylation is 1. The van der Waals surface area contributed by atoms with Crippen LogP contribution in [0.3, 0.4) is 0 Å². The highest BCUT2D eigenvalue weighted by Gasteiger charge is 2.02. The number of nitrogens with zero attached hydrogens (tertiary/aromatic N) is 2. The van der Waals surface area contributed by atoms with Crippen molar-refractivity contribution in [3.05, 3.63) is 41.7 Å². The molecule has 1 heterocycles. The second-order valence-electron chi connectivity index (χ2n) is 4.67. The Morgan fingerprint density at radius 1 is 1.10 bits per heavy atom. The molecule has 0 saturated carbocycles. The molecule has 0 unspecified atom stereocenters. The summed E-state index contributed by atoms with van der Waals surface area (Å²) in [4.78, 5) is 0. The van der Waals surface area contributed by atoms with Crippen molar-refractivity contribution in [3.63, 3.8) is 0 Å². The van der Waals surface area contributed by atoms with Crippen molar-refractivity contribution >= 4 is 0 Å². The largest absolute Gasteiger partial charge is 0.497 e. The van der Waals surface area contributed by atoms with Crippen molar-refractivity contribution in [1.82, 2.24) is 15.1 Å².